The van der Waals surface area contributed by atoms with Gasteiger partial charge in [0.05, 0.1) is 36.1 Å². The number of methoxy groups -OCH3 is 1. The van der Waals surface area contributed by atoms with Crippen LogP contribution in [0.15, 0.2) is 67.5 Å². The Morgan fingerprint density at radius 2 is 1.90 bits per heavy atom. The standard InChI is InChI=1S/C30H34N10O2/c1-7-28(41)33-24-16-25(27(42-6)17-26(24)39(4)15-14-38(2)3)35-30-32-19-20(18-31)29(36-30)34-22-11-9-8-10-21(22)23-12-13-40(5)37-23/h7-13,16-17,19H,1,14-15H2,2-6H3,(H,33,41)(H2,32,34,35,36). The summed E-state index contributed by atoms with van der Waals surface area (Å²) in [6.07, 6.45) is 4.52. The highest BCUT2D eigenvalue weighted by Crippen LogP contribution is 2.38. The van der Waals surface area contributed by atoms with E-state index < -0.39 is 0 Å². The van der Waals surface area contributed by atoms with Crippen LogP contribution in [0.3, 0.4) is 0 Å². The summed E-state index contributed by atoms with van der Waals surface area (Å²) in [4.78, 5) is 25.3. The molecular weight excluding hydrogens is 532 g/mol. The Morgan fingerprint density at radius 1 is 1.12 bits per heavy atom. The van der Waals surface area contributed by atoms with Gasteiger partial charge in [-0.05, 0) is 38.4 Å². The van der Waals surface area contributed by atoms with E-state index in [9.17, 15) is 10.1 Å². The van der Waals surface area contributed by atoms with E-state index in [1.165, 1.54) is 12.3 Å². The van der Waals surface area contributed by atoms with Crippen molar-refractivity contribution in [3.8, 4) is 23.1 Å². The lowest BCUT2D eigenvalue weighted by molar-refractivity contribution is -0.111. The number of aromatic nitrogens is 4. The summed E-state index contributed by atoms with van der Waals surface area (Å²) in [5.74, 6) is 0.708. The van der Waals surface area contributed by atoms with Gasteiger partial charge in [-0.1, -0.05) is 24.8 Å². The second-order valence-corrected chi connectivity index (χ2v) is 9.73. The second-order valence-electron chi connectivity index (χ2n) is 9.73. The molecule has 0 saturated carbocycles. The van der Waals surface area contributed by atoms with Crippen molar-refractivity contribution in [2.24, 2.45) is 7.05 Å². The zero-order valence-electron chi connectivity index (χ0n) is 24.3. The Bertz CT molecular complexity index is 1620. The SMILES string of the molecule is C=CC(=O)Nc1cc(Nc2ncc(C#N)c(Nc3ccccc3-c3ccn(C)n3)n2)c(OC)cc1N(C)CCN(C)C. The van der Waals surface area contributed by atoms with E-state index in [0.717, 1.165) is 29.2 Å². The number of ether oxygens (including phenoxy) is 1. The van der Waals surface area contributed by atoms with Crippen LogP contribution in [0.5, 0.6) is 5.75 Å². The highest BCUT2D eigenvalue weighted by atomic mass is 16.5. The van der Waals surface area contributed by atoms with Crippen molar-refractivity contribution in [2.45, 2.75) is 0 Å². The number of aryl methyl sites for hydroxylation is 1. The molecule has 2 heterocycles. The Labute approximate surface area is 245 Å². The number of anilines is 6. The molecule has 0 aliphatic heterocycles. The first-order chi connectivity index (χ1) is 20.2. The Balaban J connectivity index is 1.69. The van der Waals surface area contributed by atoms with Gasteiger partial charge in [0.15, 0.2) is 5.82 Å². The predicted molar refractivity (Wildman–Crippen MR) is 166 cm³/mol. The number of carbonyl (C=O) groups is 1. The van der Waals surface area contributed by atoms with E-state index >= 15 is 0 Å². The summed E-state index contributed by atoms with van der Waals surface area (Å²) in [6, 6.07) is 15.3. The van der Waals surface area contributed by atoms with Gasteiger partial charge < -0.3 is 30.5 Å². The Hall–Kier alpha value is -5.41. The molecule has 0 aliphatic rings. The van der Waals surface area contributed by atoms with Crippen LogP contribution in [0.4, 0.5) is 34.5 Å². The highest BCUT2D eigenvalue weighted by molar-refractivity contribution is 6.02. The fourth-order valence-corrected chi connectivity index (χ4v) is 4.15. The normalized spacial score (nSPS) is 10.6. The van der Waals surface area contributed by atoms with Gasteiger partial charge >= 0.3 is 0 Å². The minimum Gasteiger partial charge on any atom is -0.494 e. The molecule has 4 rings (SSSR count). The van der Waals surface area contributed by atoms with Gasteiger partial charge in [0, 0.05) is 50.7 Å². The Kier molecular flexibility index (Phi) is 9.36. The molecule has 2 aromatic heterocycles. The third-order valence-electron chi connectivity index (χ3n) is 6.38. The van der Waals surface area contributed by atoms with Gasteiger partial charge in [-0.2, -0.15) is 15.3 Å². The van der Waals surface area contributed by atoms with Gasteiger partial charge in [-0.25, -0.2) is 4.98 Å². The number of rotatable bonds is 12. The first-order valence-corrected chi connectivity index (χ1v) is 13.1. The molecule has 4 aromatic rings. The smallest absolute Gasteiger partial charge is 0.247 e. The minimum absolute atomic E-state index is 0.222. The third-order valence-corrected chi connectivity index (χ3v) is 6.38. The number of nitrogens with one attached hydrogen (secondary N) is 3. The van der Waals surface area contributed by atoms with Gasteiger partial charge in [-0.15, -0.1) is 0 Å². The van der Waals surface area contributed by atoms with Crippen LogP contribution in [-0.2, 0) is 11.8 Å². The maximum absolute atomic E-state index is 12.3. The summed E-state index contributed by atoms with van der Waals surface area (Å²) in [6.45, 7) is 5.10. The molecular formula is C30H34N10O2. The van der Waals surface area contributed by atoms with Gasteiger partial charge in [0.25, 0.3) is 0 Å². The number of hydrogen-bond acceptors (Lipinski definition) is 10. The predicted octanol–water partition coefficient (Wildman–Crippen LogP) is 4.37. The van der Waals surface area contributed by atoms with Crippen molar-refractivity contribution in [3.05, 3.63) is 73.1 Å². The van der Waals surface area contributed by atoms with Crippen molar-refractivity contribution in [1.82, 2.24) is 24.6 Å². The van der Waals surface area contributed by atoms with Crippen molar-refractivity contribution in [2.75, 3.05) is 62.2 Å². The number of likely N-dealkylation sites (N-methyl/N-ethyl adjacent to an activating group) is 2. The quantitative estimate of drug-likeness (QED) is 0.212. The van der Waals surface area contributed by atoms with Crippen LogP contribution in [0.25, 0.3) is 11.3 Å². The number of hydrogen-bond donors (Lipinski definition) is 3. The molecule has 0 bridgehead atoms. The summed E-state index contributed by atoms with van der Waals surface area (Å²) in [5.41, 5.74) is 4.47. The lowest BCUT2D eigenvalue weighted by Gasteiger charge is -2.26. The average molecular weight is 567 g/mol. The molecule has 0 unspecified atom stereocenters. The van der Waals surface area contributed by atoms with Crippen molar-refractivity contribution >= 4 is 40.4 Å². The zero-order valence-corrected chi connectivity index (χ0v) is 24.3. The Morgan fingerprint density at radius 3 is 2.57 bits per heavy atom. The molecule has 3 N–H and O–H groups in total. The molecule has 0 aliphatic carbocycles. The molecule has 0 spiro atoms. The summed E-state index contributed by atoms with van der Waals surface area (Å²) in [7, 11) is 9.36. The van der Waals surface area contributed by atoms with Gasteiger partial charge in [0.1, 0.15) is 17.4 Å². The molecule has 0 atom stereocenters. The van der Waals surface area contributed by atoms with Crippen LogP contribution in [0, 0.1) is 11.3 Å². The fourth-order valence-electron chi connectivity index (χ4n) is 4.15. The number of nitriles is 1. The topological polar surface area (TPSA) is 136 Å². The van der Waals surface area contributed by atoms with E-state index in [2.05, 4.69) is 48.6 Å². The summed E-state index contributed by atoms with van der Waals surface area (Å²) >= 11 is 0. The maximum Gasteiger partial charge on any atom is 0.247 e. The molecule has 12 heteroatoms. The number of nitrogens with zero attached hydrogens (tertiary/aromatic N) is 7. The van der Waals surface area contributed by atoms with E-state index in [1.807, 2.05) is 75.7 Å². The van der Waals surface area contributed by atoms with Crippen molar-refractivity contribution < 1.29 is 9.53 Å². The van der Waals surface area contributed by atoms with Crippen molar-refractivity contribution in [1.29, 1.82) is 5.26 Å². The minimum atomic E-state index is -0.346. The number of para-hydroxylation sites is 1. The summed E-state index contributed by atoms with van der Waals surface area (Å²) in [5, 5.41) is 23.6. The first-order valence-electron chi connectivity index (χ1n) is 13.1. The van der Waals surface area contributed by atoms with Crippen molar-refractivity contribution in [3.63, 3.8) is 0 Å². The fraction of sp³-hybridized carbons (Fsp3) is 0.233. The largest absolute Gasteiger partial charge is 0.494 e. The average Bonchev–Trinajstić information content (AvgIpc) is 3.42. The molecule has 2 aromatic carbocycles. The first kappa shape index (κ1) is 29.6. The molecule has 12 nitrogen and oxygen atoms in total. The molecule has 0 saturated heterocycles. The zero-order chi connectivity index (χ0) is 30.2. The van der Waals surface area contributed by atoms with E-state index in [-0.39, 0.29) is 17.4 Å². The van der Waals surface area contributed by atoms with E-state index in [1.54, 1.807) is 17.9 Å². The third kappa shape index (κ3) is 7.01. The van der Waals surface area contributed by atoms with Crippen LogP contribution < -0.4 is 25.6 Å². The lowest BCUT2D eigenvalue weighted by Crippen LogP contribution is -2.29. The number of amides is 1. The van der Waals surface area contributed by atoms with Crippen LogP contribution in [0.1, 0.15) is 5.56 Å². The van der Waals surface area contributed by atoms with E-state index in [4.69, 9.17) is 4.74 Å². The lowest BCUT2D eigenvalue weighted by atomic mass is 10.1. The molecule has 216 valence electrons. The number of carbonyl (C=O) groups excluding carboxylic acids is 1. The second kappa shape index (κ2) is 13.3. The molecule has 0 fully saturated rings. The molecule has 42 heavy (non-hydrogen) atoms. The highest BCUT2D eigenvalue weighted by Gasteiger charge is 2.18. The van der Waals surface area contributed by atoms with Crippen LogP contribution in [-0.4, -0.2) is 71.9 Å². The van der Waals surface area contributed by atoms with Gasteiger partial charge in [0.2, 0.25) is 11.9 Å². The summed E-state index contributed by atoms with van der Waals surface area (Å²) < 4.78 is 7.42. The van der Waals surface area contributed by atoms with Crippen LogP contribution in [0.2, 0.25) is 0 Å². The maximum atomic E-state index is 12.3. The number of benzene rings is 2. The van der Waals surface area contributed by atoms with E-state index in [0.29, 0.717) is 29.5 Å². The van der Waals surface area contributed by atoms with Crippen LogP contribution >= 0.6 is 0 Å². The monoisotopic (exact) mass is 566 g/mol. The van der Waals surface area contributed by atoms with Gasteiger partial charge in [-0.3, -0.25) is 9.48 Å². The molecule has 1 amide bonds. The molecule has 0 radical (unpaired) electrons.